The van der Waals surface area contributed by atoms with Crippen LogP contribution in [0.2, 0.25) is 0 Å². The summed E-state index contributed by atoms with van der Waals surface area (Å²) in [6.07, 6.45) is 1.89. The number of aromatic nitrogens is 2. The van der Waals surface area contributed by atoms with Crippen molar-refractivity contribution >= 4 is 15.7 Å². The summed E-state index contributed by atoms with van der Waals surface area (Å²) in [4.78, 5) is 13.8. The Morgan fingerprint density at radius 2 is 2.04 bits per heavy atom. The molecule has 134 valence electrons. The van der Waals surface area contributed by atoms with Crippen molar-refractivity contribution in [2.45, 2.75) is 25.0 Å². The fourth-order valence-corrected chi connectivity index (χ4v) is 3.78. The first kappa shape index (κ1) is 17.5. The molecule has 1 saturated heterocycles. The monoisotopic (exact) mass is 367 g/mol. The van der Waals surface area contributed by atoms with Gasteiger partial charge < -0.3 is 9.32 Å². The van der Waals surface area contributed by atoms with Crippen molar-refractivity contribution < 1.29 is 22.0 Å². The van der Waals surface area contributed by atoms with Crippen LogP contribution < -0.4 is 0 Å². The van der Waals surface area contributed by atoms with E-state index in [1.165, 1.54) is 24.3 Å². The Morgan fingerprint density at radius 3 is 2.72 bits per heavy atom. The summed E-state index contributed by atoms with van der Waals surface area (Å²) in [5.74, 6) is -1.29. The van der Waals surface area contributed by atoms with Crippen molar-refractivity contribution in [2.24, 2.45) is 5.92 Å². The van der Waals surface area contributed by atoms with E-state index in [0.717, 1.165) is 12.8 Å². The van der Waals surface area contributed by atoms with Crippen LogP contribution in [0.5, 0.6) is 0 Å². The van der Waals surface area contributed by atoms with E-state index in [2.05, 4.69) is 10.2 Å². The molecule has 25 heavy (non-hydrogen) atoms. The fourth-order valence-electron chi connectivity index (χ4n) is 2.78. The van der Waals surface area contributed by atoms with Gasteiger partial charge in [0.2, 0.25) is 21.6 Å². The number of nitrogens with zero attached hydrogens (tertiary/aromatic N) is 3. The van der Waals surface area contributed by atoms with Crippen molar-refractivity contribution in [3.63, 3.8) is 0 Å². The van der Waals surface area contributed by atoms with E-state index in [4.69, 9.17) is 4.42 Å². The van der Waals surface area contributed by atoms with E-state index < -0.39 is 32.5 Å². The maximum atomic E-state index is 12.9. The molecule has 0 aliphatic carbocycles. The first-order valence-electron chi connectivity index (χ1n) is 7.95. The highest BCUT2D eigenvalue weighted by atomic mass is 32.2. The molecule has 1 amide bonds. The number of piperidine rings is 1. The van der Waals surface area contributed by atoms with Gasteiger partial charge in [-0.3, -0.25) is 4.79 Å². The quantitative estimate of drug-likeness (QED) is 0.819. The van der Waals surface area contributed by atoms with Crippen LogP contribution in [0.1, 0.15) is 19.8 Å². The third-order valence-electron chi connectivity index (χ3n) is 4.09. The summed E-state index contributed by atoms with van der Waals surface area (Å²) in [5, 5.41) is 6.60. The fraction of sp³-hybridized carbons (Fsp3) is 0.438. The van der Waals surface area contributed by atoms with Gasteiger partial charge in [-0.15, -0.1) is 5.10 Å². The molecule has 0 bridgehead atoms. The van der Waals surface area contributed by atoms with E-state index in [1.54, 1.807) is 4.90 Å². The standard InChI is InChI=1S/C16H18FN3O4S/c1-11-3-2-8-20(9-11)14(21)10-25(22,23)16-19-18-15(24-16)12-4-6-13(17)7-5-12/h4-7,11H,2-3,8-10H2,1H3. The molecule has 0 radical (unpaired) electrons. The molecule has 1 aliphatic heterocycles. The highest BCUT2D eigenvalue weighted by molar-refractivity contribution is 7.91. The lowest BCUT2D eigenvalue weighted by atomic mass is 10.0. The van der Waals surface area contributed by atoms with Gasteiger partial charge in [0, 0.05) is 18.7 Å². The molecule has 1 aliphatic rings. The zero-order chi connectivity index (χ0) is 18.0. The zero-order valence-electron chi connectivity index (χ0n) is 13.7. The number of sulfone groups is 1. The molecule has 9 heteroatoms. The minimum atomic E-state index is -4.03. The lowest BCUT2D eigenvalue weighted by Gasteiger charge is -2.30. The van der Waals surface area contributed by atoms with Gasteiger partial charge >= 0.3 is 5.22 Å². The number of amides is 1. The molecule has 2 heterocycles. The lowest BCUT2D eigenvalue weighted by Crippen LogP contribution is -2.42. The van der Waals surface area contributed by atoms with Crippen LogP contribution >= 0.6 is 0 Å². The van der Waals surface area contributed by atoms with Crippen molar-refractivity contribution in [3.8, 4) is 11.5 Å². The summed E-state index contributed by atoms with van der Waals surface area (Å²) in [7, 11) is -4.03. The smallest absolute Gasteiger partial charge is 0.336 e. The van der Waals surface area contributed by atoms with Crippen molar-refractivity contribution in [2.75, 3.05) is 18.8 Å². The van der Waals surface area contributed by atoms with E-state index in [0.29, 0.717) is 24.6 Å². The van der Waals surface area contributed by atoms with Crippen LogP contribution in [0.25, 0.3) is 11.5 Å². The minimum absolute atomic E-state index is 0.0439. The third-order valence-corrected chi connectivity index (χ3v) is 5.41. The molecule has 1 fully saturated rings. The topological polar surface area (TPSA) is 93.4 Å². The predicted octanol–water partition coefficient (Wildman–Crippen LogP) is 1.91. The molecule has 1 atom stereocenters. The lowest BCUT2D eigenvalue weighted by molar-refractivity contribution is -0.130. The summed E-state index contributed by atoms with van der Waals surface area (Å²) in [6, 6.07) is 5.21. The van der Waals surface area contributed by atoms with Crippen LogP contribution in [-0.2, 0) is 14.6 Å². The normalized spacial score (nSPS) is 18.3. The van der Waals surface area contributed by atoms with Crippen molar-refractivity contribution in [3.05, 3.63) is 30.1 Å². The molecule has 7 nitrogen and oxygen atoms in total. The zero-order valence-corrected chi connectivity index (χ0v) is 14.5. The Hall–Kier alpha value is -2.29. The first-order valence-corrected chi connectivity index (χ1v) is 9.60. The highest BCUT2D eigenvalue weighted by Crippen LogP contribution is 2.21. The number of hydrogen-bond acceptors (Lipinski definition) is 6. The van der Waals surface area contributed by atoms with Gasteiger partial charge in [-0.2, -0.15) is 0 Å². The van der Waals surface area contributed by atoms with E-state index in [1.807, 2.05) is 6.92 Å². The summed E-state index contributed by atoms with van der Waals surface area (Å²) in [5.41, 5.74) is 0.395. The van der Waals surface area contributed by atoms with Gasteiger partial charge in [-0.05, 0) is 43.0 Å². The number of carbonyl (C=O) groups excluding carboxylic acids is 1. The van der Waals surface area contributed by atoms with E-state index in [9.17, 15) is 17.6 Å². The maximum Gasteiger partial charge on any atom is 0.336 e. The summed E-state index contributed by atoms with van der Waals surface area (Å²) >= 11 is 0. The average Bonchev–Trinajstić information content (AvgIpc) is 3.06. The van der Waals surface area contributed by atoms with Crippen LogP contribution in [0.15, 0.2) is 33.9 Å². The molecule has 0 saturated carbocycles. The second-order valence-electron chi connectivity index (χ2n) is 6.23. The maximum absolute atomic E-state index is 12.9. The molecular weight excluding hydrogens is 349 g/mol. The SMILES string of the molecule is CC1CCCN(C(=O)CS(=O)(=O)c2nnc(-c3ccc(F)cc3)o2)C1. The predicted molar refractivity (Wildman–Crippen MR) is 86.7 cm³/mol. The van der Waals surface area contributed by atoms with E-state index >= 15 is 0 Å². The Labute approximate surface area is 144 Å². The second-order valence-corrected chi connectivity index (χ2v) is 8.09. The van der Waals surface area contributed by atoms with Crippen molar-refractivity contribution in [1.82, 2.24) is 15.1 Å². The highest BCUT2D eigenvalue weighted by Gasteiger charge is 2.30. The van der Waals surface area contributed by atoms with Crippen LogP contribution in [0.4, 0.5) is 4.39 Å². The Kier molecular flexibility index (Phi) is 4.85. The molecule has 0 N–H and O–H groups in total. The molecule has 1 unspecified atom stereocenters. The van der Waals surface area contributed by atoms with Crippen LogP contribution in [0, 0.1) is 11.7 Å². The van der Waals surface area contributed by atoms with Gasteiger partial charge in [0.15, 0.2) is 0 Å². The molecule has 1 aromatic heterocycles. The van der Waals surface area contributed by atoms with E-state index in [-0.39, 0.29) is 5.89 Å². The largest absolute Gasteiger partial charge is 0.408 e. The molecule has 3 rings (SSSR count). The van der Waals surface area contributed by atoms with Gasteiger partial charge in [-0.25, -0.2) is 12.8 Å². The van der Waals surface area contributed by atoms with Gasteiger partial charge in [0.05, 0.1) is 0 Å². The van der Waals surface area contributed by atoms with Crippen LogP contribution in [0.3, 0.4) is 0 Å². The number of carbonyl (C=O) groups is 1. The van der Waals surface area contributed by atoms with Gasteiger partial charge in [0.25, 0.3) is 0 Å². The average molecular weight is 367 g/mol. The van der Waals surface area contributed by atoms with Crippen LogP contribution in [-0.4, -0.2) is 48.3 Å². The van der Waals surface area contributed by atoms with Gasteiger partial charge in [-0.1, -0.05) is 12.0 Å². The molecule has 0 spiro atoms. The number of halogens is 1. The summed E-state index contributed by atoms with van der Waals surface area (Å²) in [6.45, 7) is 3.14. The second kappa shape index (κ2) is 6.91. The number of rotatable bonds is 4. The minimum Gasteiger partial charge on any atom is -0.408 e. The number of hydrogen-bond donors (Lipinski definition) is 0. The first-order chi connectivity index (χ1) is 11.8. The third kappa shape index (κ3) is 4.04. The Morgan fingerprint density at radius 1 is 1.32 bits per heavy atom. The Bertz CT molecular complexity index is 864. The number of likely N-dealkylation sites (tertiary alicyclic amines) is 1. The van der Waals surface area contributed by atoms with Gasteiger partial charge in [0.1, 0.15) is 11.6 Å². The molecule has 1 aromatic carbocycles. The Balaban J connectivity index is 1.74. The number of benzene rings is 1. The van der Waals surface area contributed by atoms with Crippen molar-refractivity contribution in [1.29, 1.82) is 0 Å². The molecule has 2 aromatic rings. The summed E-state index contributed by atoms with van der Waals surface area (Å²) < 4.78 is 42.8. The molecular formula is C16H18FN3O4S.